The second-order valence-corrected chi connectivity index (χ2v) is 22.1. The Morgan fingerprint density at radius 2 is 1.07 bits per heavy atom. The van der Waals surface area contributed by atoms with Crippen molar-refractivity contribution in [2.75, 3.05) is 0 Å². The fourth-order valence-electron chi connectivity index (χ4n) is 9.74. The first-order valence-electron chi connectivity index (χ1n) is 27.8. The van der Waals surface area contributed by atoms with Gasteiger partial charge in [0.1, 0.15) is 11.6 Å². The Balaban J connectivity index is 1.29. The van der Waals surface area contributed by atoms with Crippen LogP contribution in [0.5, 0.6) is 5.75 Å². The summed E-state index contributed by atoms with van der Waals surface area (Å²) in [5.74, 6) is 0.564. The molecule has 0 fully saturated rings. The Morgan fingerprint density at radius 3 is 1.72 bits per heavy atom. The van der Waals surface area contributed by atoms with Crippen molar-refractivity contribution in [3.8, 4) is 89.7 Å². The molecule has 0 radical (unpaired) electrons. The minimum absolute atomic E-state index is 0.101. The molecule has 0 aliphatic heterocycles. The van der Waals surface area contributed by atoms with Crippen LogP contribution >= 0.6 is 0 Å². The van der Waals surface area contributed by atoms with Crippen molar-refractivity contribution >= 4 is 11.0 Å². The largest absolute Gasteiger partial charge is 0.507 e. The van der Waals surface area contributed by atoms with Gasteiger partial charge in [-0.2, -0.15) is 0 Å². The third-order valence-corrected chi connectivity index (χ3v) is 13.9. The van der Waals surface area contributed by atoms with E-state index in [-0.39, 0.29) is 27.7 Å². The number of phenols is 1. The van der Waals surface area contributed by atoms with Crippen molar-refractivity contribution in [3.63, 3.8) is 0 Å². The maximum Gasteiger partial charge on any atom is 0.149 e. The van der Waals surface area contributed by atoms with Crippen LogP contribution in [0.25, 0.3) is 95.0 Å². The lowest BCUT2D eigenvalue weighted by molar-refractivity contribution is 0.446. The molecule has 10 rings (SSSR count). The summed E-state index contributed by atoms with van der Waals surface area (Å²) >= 11 is 0. The molecule has 8 aromatic carbocycles. The number of benzene rings is 8. The second kappa shape index (κ2) is 18.4. The van der Waals surface area contributed by atoms with Gasteiger partial charge in [0.25, 0.3) is 0 Å². The summed E-state index contributed by atoms with van der Waals surface area (Å²) in [5, 5.41) is 12.8. The average Bonchev–Trinajstić information content (AvgIpc) is 3.91. The van der Waals surface area contributed by atoms with Gasteiger partial charge in [-0.3, -0.25) is 9.55 Å². The maximum atomic E-state index is 12.8. The number of aryl methyl sites for hydroxylation is 2. The fraction of sp³-hybridized carbons (Fsp3) is 0.206. The Hall–Kier alpha value is -7.82. The van der Waals surface area contributed by atoms with Gasteiger partial charge in [-0.05, 0) is 146 Å². The van der Waals surface area contributed by atoms with Crippen LogP contribution in [-0.2, 0) is 16.2 Å². The van der Waals surface area contributed by atoms with E-state index in [4.69, 9.17) is 14.1 Å². The van der Waals surface area contributed by atoms with Crippen LogP contribution in [0, 0.1) is 13.7 Å². The number of nitrogens with zero attached hydrogens (tertiary/aromatic N) is 3. The Kier molecular flexibility index (Phi) is 10.5. The Morgan fingerprint density at radius 1 is 0.444 bits per heavy atom. The Bertz CT molecular complexity index is 3850. The van der Waals surface area contributed by atoms with Crippen molar-refractivity contribution in [1.29, 1.82) is 0 Å². The highest BCUT2D eigenvalue weighted by molar-refractivity contribution is 5.99. The van der Waals surface area contributed by atoms with Gasteiger partial charge in [0.2, 0.25) is 0 Å². The van der Waals surface area contributed by atoms with Gasteiger partial charge in [-0.1, -0.05) is 195 Å². The maximum absolute atomic E-state index is 12.8. The van der Waals surface area contributed by atoms with Gasteiger partial charge < -0.3 is 5.11 Å². The van der Waals surface area contributed by atoms with Crippen LogP contribution in [0.15, 0.2) is 188 Å². The molecule has 4 nitrogen and oxygen atoms in total. The van der Waals surface area contributed by atoms with Gasteiger partial charge in [0.15, 0.2) is 0 Å². The number of hydrogen-bond donors (Lipinski definition) is 1. The second-order valence-electron chi connectivity index (χ2n) is 22.1. The molecular weight excluding hydrogens is 875 g/mol. The summed E-state index contributed by atoms with van der Waals surface area (Å²) < 4.78 is 53.3. The lowest BCUT2D eigenvalue weighted by atomic mass is 9.79. The van der Waals surface area contributed by atoms with Gasteiger partial charge in [-0.25, -0.2) is 4.98 Å². The van der Waals surface area contributed by atoms with Crippen molar-refractivity contribution in [2.24, 2.45) is 0 Å². The summed E-state index contributed by atoms with van der Waals surface area (Å²) in [7, 11) is 0. The molecule has 2 aromatic heterocycles. The topological polar surface area (TPSA) is 50.9 Å². The minimum atomic E-state index is -2.53. The first-order chi connectivity index (χ1) is 36.7. The van der Waals surface area contributed by atoms with Crippen LogP contribution in [-0.4, -0.2) is 19.6 Å². The molecule has 2 heterocycles. The van der Waals surface area contributed by atoms with Crippen LogP contribution in [0.3, 0.4) is 0 Å². The molecule has 0 aliphatic carbocycles. The van der Waals surface area contributed by atoms with Gasteiger partial charge in [0, 0.05) is 36.7 Å². The number of para-hydroxylation sites is 1. The quantitative estimate of drug-likeness (QED) is 0.165. The molecular formula is C68H65N3O. The number of imidazole rings is 1. The molecule has 0 amide bonds. The van der Waals surface area contributed by atoms with E-state index >= 15 is 0 Å². The number of pyridine rings is 1. The highest BCUT2D eigenvalue weighted by Crippen LogP contribution is 2.47. The van der Waals surface area contributed by atoms with Gasteiger partial charge in [0.05, 0.1) is 28.0 Å². The van der Waals surface area contributed by atoms with Gasteiger partial charge >= 0.3 is 0 Å². The number of phenolic OH excluding ortho intramolecular Hbond substituents is 1. The molecule has 1 N–H and O–H groups in total. The molecule has 4 heteroatoms. The molecule has 358 valence electrons. The van der Waals surface area contributed by atoms with E-state index in [0.29, 0.717) is 33.7 Å². The van der Waals surface area contributed by atoms with E-state index in [2.05, 4.69) is 121 Å². The molecule has 0 saturated carbocycles. The molecule has 0 aliphatic rings. The highest BCUT2D eigenvalue weighted by atomic mass is 16.3. The monoisotopic (exact) mass is 946 g/mol. The zero-order valence-electron chi connectivity index (χ0n) is 48.7. The first-order valence-corrected chi connectivity index (χ1v) is 24.8. The fourth-order valence-corrected chi connectivity index (χ4v) is 9.74. The summed E-state index contributed by atoms with van der Waals surface area (Å²) in [4.78, 5) is 10.6. The van der Waals surface area contributed by atoms with Crippen molar-refractivity contribution in [1.82, 2.24) is 14.5 Å². The van der Waals surface area contributed by atoms with E-state index < -0.39 is 19.1 Å². The predicted molar refractivity (Wildman–Crippen MR) is 304 cm³/mol. The van der Waals surface area contributed by atoms with E-state index in [1.165, 1.54) is 0 Å². The zero-order chi connectivity index (χ0) is 55.7. The van der Waals surface area contributed by atoms with E-state index in [1.54, 1.807) is 18.3 Å². The number of rotatable bonds is 8. The van der Waals surface area contributed by atoms with Gasteiger partial charge in [-0.15, -0.1) is 0 Å². The first kappa shape index (κ1) is 40.9. The minimum Gasteiger partial charge on any atom is -0.507 e. The van der Waals surface area contributed by atoms with Crippen molar-refractivity contribution in [2.45, 2.75) is 92.3 Å². The molecule has 0 bridgehead atoms. The van der Waals surface area contributed by atoms with Crippen molar-refractivity contribution in [3.05, 3.63) is 216 Å². The summed E-state index contributed by atoms with van der Waals surface area (Å²) in [6.45, 7) is 14.5. The van der Waals surface area contributed by atoms with Crippen LogP contribution in [0.2, 0.25) is 0 Å². The third kappa shape index (κ3) is 9.30. The summed E-state index contributed by atoms with van der Waals surface area (Å²) in [6, 6.07) is 59.9. The van der Waals surface area contributed by atoms with E-state index in [0.717, 1.165) is 78.0 Å². The standard InChI is InChI=1S/C68H65N3O/c1-43-25-27-46(28-26-43)49-33-34-69-60(39-49)52-37-50(45-19-14-12-15-20-45)36-51(38-52)55-23-18-24-61-63(55)70-65(58-40-54(67(6,7)8)41-59(64(58)72)68(9,10)11)71(61)62-35-44(2)56(42-57(62)47-21-16-13-17-22-47)48-29-31-53(32-30-48)66(3,4)5/h12-42,72H,1-11H3/i1D3,2D3. The van der Waals surface area contributed by atoms with E-state index in [9.17, 15) is 9.22 Å². The zero-order valence-corrected chi connectivity index (χ0v) is 42.7. The Labute approximate surface area is 435 Å². The molecule has 0 saturated heterocycles. The van der Waals surface area contributed by atoms with Crippen molar-refractivity contribution < 1.29 is 13.3 Å². The number of hydrogen-bond acceptors (Lipinski definition) is 3. The molecule has 72 heavy (non-hydrogen) atoms. The highest BCUT2D eigenvalue weighted by Gasteiger charge is 2.30. The molecule has 0 unspecified atom stereocenters. The van der Waals surface area contributed by atoms with E-state index in [1.807, 2.05) is 115 Å². The van der Waals surface area contributed by atoms with Crippen LogP contribution in [0.4, 0.5) is 0 Å². The van der Waals surface area contributed by atoms with Crippen LogP contribution in [0.1, 0.15) is 98.4 Å². The number of fused-ring (bicyclic) bond motifs is 1. The molecule has 10 aromatic rings. The van der Waals surface area contributed by atoms with Crippen LogP contribution < -0.4 is 0 Å². The lowest BCUT2D eigenvalue weighted by Gasteiger charge is -2.28. The predicted octanol–water partition coefficient (Wildman–Crippen LogP) is 18.3. The smallest absolute Gasteiger partial charge is 0.149 e. The number of aromatic nitrogens is 3. The number of aromatic hydroxyl groups is 1. The average molecular weight is 946 g/mol. The summed E-state index contributed by atoms with van der Waals surface area (Å²) in [6.07, 6.45) is 1.78. The SMILES string of the molecule is [2H]C([2H])([2H])c1ccc(-c2ccnc(-c3cc(-c4ccccc4)cc(-c4cccc5c4nc(-c4cc(C(C)(C)C)cc(C(C)(C)C)c4O)n5-c4cc(C([2H])([2H])[2H])c(-c5ccc(C(C)(C)C)cc5)cc4-c4ccccc4)c3)c2)cc1. The lowest BCUT2D eigenvalue weighted by Crippen LogP contribution is -2.17. The molecule has 0 spiro atoms. The molecule has 0 atom stereocenters. The normalized spacial score (nSPS) is 13.7. The third-order valence-electron chi connectivity index (χ3n) is 13.9. The summed E-state index contributed by atoms with van der Waals surface area (Å²) in [5.41, 5.74) is 15.1.